The summed E-state index contributed by atoms with van der Waals surface area (Å²) in [5.74, 6) is -0.752. The third kappa shape index (κ3) is 3.56. The Balaban J connectivity index is 2.41. The van der Waals surface area contributed by atoms with Gasteiger partial charge in [0.05, 0.1) is 15.5 Å². The van der Waals surface area contributed by atoms with Crippen molar-refractivity contribution in [3.63, 3.8) is 0 Å². The Morgan fingerprint density at radius 2 is 1.71 bits per heavy atom. The molecule has 0 atom stereocenters. The van der Waals surface area contributed by atoms with E-state index in [1.54, 1.807) is 18.2 Å². The highest BCUT2D eigenvalue weighted by Crippen LogP contribution is 2.32. The van der Waals surface area contributed by atoms with Gasteiger partial charge in [0.1, 0.15) is 5.02 Å². The lowest BCUT2D eigenvalue weighted by atomic mass is 10.2. The van der Waals surface area contributed by atoms with Crippen molar-refractivity contribution < 1.29 is 17.9 Å². The number of carbonyl (C=O) groups is 1. The van der Waals surface area contributed by atoms with Gasteiger partial charge in [-0.15, -0.1) is 0 Å². The van der Waals surface area contributed by atoms with Crippen LogP contribution in [0.1, 0.15) is 10.4 Å². The summed E-state index contributed by atoms with van der Waals surface area (Å²) in [6.07, 6.45) is 1.02. The average molecular weight is 345 g/mol. The van der Waals surface area contributed by atoms with Crippen molar-refractivity contribution in [3.8, 4) is 5.75 Å². The zero-order chi connectivity index (χ0) is 15.6. The van der Waals surface area contributed by atoms with Crippen LogP contribution >= 0.6 is 23.2 Å². The van der Waals surface area contributed by atoms with E-state index in [0.717, 1.165) is 6.26 Å². The number of hydrogen-bond acceptors (Lipinski definition) is 4. The lowest BCUT2D eigenvalue weighted by Gasteiger charge is -2.09. The number of ether oxygens (including phenoxy) is 1. The zero-order valence-corrected chi connectivity index (χ0v) is 13.2. The third-order valence-electron chi connectivity index (χ3n) is 2.63. The molecule has 0 heterocycles. The summed E-state index contributed by atoms with van der Waals surface area (Å²) in [5, 5.41) is 0.322. The second-order valence-corrected chi connectivity index (χ2v) is 6.98. The number of carbonyl (C=O) groups excluding carboxylic acids is 1. The molecule has 0 aromatic heterocycles. The minimum Gasteiger partial charge on any atom is -0.421 e. The molecule has 0 bridgehead atoms. The summed E-state index contributed by atoms with van der Waals surface area (Å²) in [4.78, 5) is 12.1. The van der Waals surface area contributed by atoms with Crippen molar-refractivity contribution in [1.82, 2.24) is 0 Å². The predicted octanol–water partition coefficient (Wildman–Crippen LogP) is 3.62. The van der Waals surface area contributed by atoms with E-state index in [1.807, 2.05) is 0 Å². The first kappa shape index (κ1) is 15.8. The molecule has 110 valence electrons. The Morgan fingerprint density at radius 1 is 1.05 bits per heavy atom. The SMILES string of the molecule is CS(=O)(=O)c1ccccc1C(=O)Oc1cccc(Cl)c1Cl. The first-order valence-corrected chi connectivity index (χ1v) is 8.40. The van der Waals surface area contributed by atoms with E-state index >= 15 is 0 Å². The highest BCUT2D eigenvalue weighted by atomic mass is 35.5. The summed E-state index contributed by atoms with van der Waals surface area (Å²) in [5.41, 5.74) is -0.0592. The highest BCUT2D eigenvalue weighted by molar-refractivity contribution is 7.90. The van der Waals surface area contributed by atoms with Gasteiger partial charge in [0, 0.05) is 6.26 Å². The molecule has 0 aliphatic carbocycles. The molecule has 2 rings (SSSR count). The van der Waals surface area contributed by atoms with E-state index in [-0.39, 0.29) is 26.3 Å². The van der Waals surface area contributed by atoms with Crippen molar-refractivity contribution in [1.29, 1.82) is 0 Å². The maximum Gasteiger partial charge on any atom is 0.344 e. The van der Waals surface area contributed by atoms with Gasteiger partial charge in [-0.1, -0.05) is 41.4 Å². The van der Waals surface area contributed by atoms with Gasteiger partial charge < -0.3 is 4.74 Å². The van der Waals surface area contributed by atoms with Gasteiger partial charge in [-0.25, -0.2) is 13.2 Å². The van der Waals surface area contributed by atoms with Crippen LogP contribution in [-0.2, 0) is 9.84 Å². The largest absolute Gasteiger partial charge is 0.421 e. The maximum atomic E-state index is 12.2. The first-order valence-electron chi connectivity index (χ1n) is 5.76. The molecule has 0 aliphatic rings. The van der Waals surface area contributed by atoms with Crippen LogP contribution in [0.15, 0.2) is 47.4 Å². The van der Waals surface area contributed by atoms with Crippen LogP contribution in [0, 0.1) is 0 Å². The zero-order valence-electron chi connectivity index (χ0n) is 10.8. The molecule has 2 aromatic carbocycles. The number of sulfone groups is 1. The number of halogens is 2. The molecule has 0 spiro atoms. The minimum atomic E-state index is -3.55. The van der Waals surface area contributed by atoms with Crippen molar-refractivity contribution in [2.45, 2.75) is 4.90 Å². The van der Waals surface area contributed by atoms with Crippen LogP contribution in [0.4, 0.5) is 0 Å². The Bertz CT molecular complexity index is 800. The molecule has 0 unspecified atom stereocenters. The van der Waals surface area contributed by atoms with E-state index in [1.165, 1.54) is 24.3 Å². The fourth-order valence-corrected chi connectivity index (χ4v) is 2.88. The summed E-state index contributed by atoms with van der Waals surface area (Å²) in [6, 6.07) is 10.4. The van der Waals surface area contributed by atoms with Gasteiger partial charge in [0.15, 0.2) is 15.6 Å². The quantitative estimate of drug-likeness (QED) is 0.630. The molecule has 0 saturated carbocycles. The molecule has 4 nitrogen and oxygen atoms in total. The topological polar surface area (TPSA) is 60.4 Å². The minimum absolute atomic E-state index is 0.0592. The van der Waals surface area contributed by atoms with Crippen LogP contribution in [0.3, 0.4) is 0 Å². The van der Waals surface area contributed by atoms with E-state index in [2.05, 4.69) is 0 Å². The summed E-state index contributed by atoms with van der Waals surface area (Å²) in [7, 11) is -3.55. The molecule has 21 heavy (non-hydrogen) atoms. The monoisotopic (exact) mass is 344 g/mol. The second kappa shape index (κ2) is 6.05. The molecule has 0 N–H and O–H groups in total. The van der Waals surface area contributed by atoms with Gasteiger partial charge in [-0.05, 0) is 24.3 Å². The van der Waals surface area contributed by atoms with Crippen molar-refractivity contribution in [3.05, 3.63) is 58.1 Å². The van der Waals surface area contributed by atoms with Crippen molar-refractivity contribution in [2.75, 3.05) is 6.26 Å². The number of rotatable bonds is 3. The molecule has 0 amide bonds. The van der Waals surface area contributed by atoms with Crippen LogP contribution in [-0.4, -0.2) is 20.6 Å². The standard InChI is InChI=1S/C14H10Cl2O4S/c1-21(18,19)12-8-3-2-5-9(12)14(17)20-11-7-4-6-10(15)13(11)16/h2-8H,1H3. The summed E-state index contributed by atoms with van der Waals surface area (Å²) >= 11 is 11.8. The Hall–Kier alpha value is -1.56. The maximum absolute atomic E-state index is 12.2. The fourth-order valence-electron chi connectivity index (χ4n) is 1.68. The van der Waals surface area contributed by atoms with Crippen LogP contribution in [0.5, 0.6) is 5.75 Å². The predicted molar refractivity (Wildman–Crippen MR) is 81.0 cm³/mol. The van der Waals surface area contributed by atoms with Gasteiger partial charge in [-0.2, -0.15) is 0 Å². The fraction of sp³-hybridized carbons (Fsp3) is 0.0714. The molecule has 7 heteroatoms. The Morgan fingerprint density at radius 3 is 2.38 bits per heavy atom. The lowest BCUT2D eigenvalue weighted by Crippen LogP contribution is -2.13. The average Bonchev–Trinajstić information content (AvgIpc) is 2.43. The number of hydrogen-bond donors (Lipinski definition) is 0. The molecule has 0 fully saturated rings. The Kier molecular flexibility index (Phi) is 4.56. The molecular formula is C14H10Cl2O4S. The third-order valence-corrected chi connectivity index (χ3v) is 4.58. The van der Waals surface area contributed by atoms with Crippen LogP contribution in [0.25, 0.3) is 0 Å². The summed E-state index contributed by atoms with van der Waals surface area (Å²) < 4.78 is 28.5. The Labute approximate surface area is 132 Å². The van der Waals surface area contributed by atoms with E-state index in [4.69, 9.17) is 27.9 Å². The normalized spacial score (nSPS) is 11.2. The summed E-state index contributed by atoms with van der Waals surface area (Å²) in [6.45, 7) is 0. The molecule has 0 radical (unpaired) electrons. The van der Waals surface area contributed by atoms with Gasteiger partial charge in [0.2, 0.25) is 0 Å². The van der Waals surface area contributed by atoms with Crippen LogP contribution < -0.4 is 4.74 Å². The second-order valence-electron chi connectivity index (χ2n) is 4.21. The van der Waals surface area contributed by atoms with E-state index in [9.17, 15) is 13.2 Å². The van der Waals surface area contributed by atoms with E-state index in [0.29, 0.717) is 0 Å². The van der Waals surface area contributed by atoms with Gasteiger partial charge in [0.25, 0.3) is 0 Å². The van der Waals surface area contributed by atoms with Crippen molar-refractivity contribution in [2.24, 2.45) is 0 Å². The smallest absolute Gasteiger partial charge is 0.344 e. The number of esters is 1. The molecule has 2 aromatic rings. The first-order chi connectivity index (χ1) is 9.80. The molecular weight excluding hydrogens is 335 g/mol. The van der Waals surface area contributed by atoms with Gasteiger partial charge in [-0.3, -0.25) is 0 Å². The molecule has 0 saturated heterocycles. The van der Waals surface area contributed by atoms with Crippen molar-refractivity contribution >= 4 is 39.0 Å². The lowest BCUT2D eigenvalue weighted by molar-refractivity contribution is 0.0731. The molecule has 0 aliphatic heterocycles. The highest BCUT2D eigenvalue weighted by Gasteiger charge is 2.20. The number of benzene rings is 2. The van der Waals surface area contributed by atoms with Gasteiger partial charge >= 0.3 is 5.97 Å². The van der Waals surface area contributed by atoms with Crippen LogP contribution in [0.2, 0.25) is 10.0 Å². The van der Waals surface area contributed by atoms with E-state index < -0.39 is 15.8 Å².